The van der Waals surface area contributed by atoms with Gasteiger partial charge in [-0.2, -0.15) is 4.99 Å². The van der Waals surface area contributed by atoms with Gasteiger partial charge in [-0.25, -0.2) is 4.99 Å². The van der Waals surface area contributed by atoms with Gasteiger partial charge < -0.3 is 0 Å². The Morgan fingerprint density at radius 1 is 0.917 bits per heavy atom. The topological polar surface area (TPSA) is 24.7 Å². The van der Waals surface area contributed by atoms with Crippen LogP contribution in [0.5, 0.6) is 0 Å². The van der Waals surface area contributed by atoms with Crippen LogP contribution < -0.4 is 0 Å². The second-order valence-corrected chi connectivity index (χ2v) is 8.93. The van der Waals surface area contributed by atoms with E-state index >= 15 is 0 Å². The van der Waals surface area contributed by atoms with E-state index in [9.17, 15) is 0 Å². The van der Waals surface area contributed by atoms with Crippen molar-refractivity contribution in [2.24, 2.45) is 15.4 Å². The summed E-state index contributed by atoms with van der Waals surface area (Å²) in [5.41, 5.74) is 6.99. The first-order valence-corrected chi connectivity index (χ1v) is 9.23. The van der Waals surface area contributed by atoms with Crippen LogP contribution in [0.1, 0.15) is 102 Å². The molecule has 1 aromatic carbocycles. The van der Waals surface area contributed by atoms with E-state index in [1.807, 2.05) is 0 Å². The van der Waals surface area contributed by atoms with Crippen molar-refractivity contribution in [3.63, 3.8) is 0 Å². The minimum absolute atomic E-state index is 0.243. The summed E-state index contributed by atoms with van der Waals surface area (Å²) < 4.78 is 0. The van der Waals surface area contributed by atoms with Crippen molar-refractivity contribution in [1.82, 2.24) is 0 Å². The molecule has 0 saturated heterocycles. The smallest absolute Gasteiger partial charge is 0.0946 e. The highest BCUT2D eigenvalue weighted by molar-refractivity contribution is 5.66. The van der Waals surface area contributed by atoms with Crippen LogP contribution in [0.15, 0.2) is 16.1 Å². The monoisotopic (exact) mass is 328 g/mol. The van der Waals surface area contributed by atoms with E-state index in [1.165, 1.54) is 22.3 Å². The van der Waals surface area contributed by atoms with E-state index in [0.29, 0.717) is 17.8 Å². The summed E-state index contributed by atoms with van der Waals surface area (Å²) in [5.74, 6) is 1.37. The molecule has 24 heavy (non-hydrogen) atoms. The van der Waals surface area contributed by atoms with Crippen LogP contribution in [0.3, 0.4) is 0 Å². The first-order chi connectivity index (χ1) is 11.0. The molecule has 0 heterocycles. The lowest BCUT2D eigenvalue weighted by Crippen LogP contribution is -2.15. The Morgan fingerprint density at radius 3 is 1.83 bits per heavy atom. The molecule has 0 aliphatic carbocycles. The molecule has 2 heteroatoms. The third-order valence-corrected chi connectivity index (χ3v) is 4.30. The summed E-state index contributed by atoms with van der Waals surface area (Å²) >= 11 is 0. The predicted molar refractivity (Wildman–Crippen MR) is 107 cm³/mol. The SMILES string of the molecule is CN=C=Nc1c(C(C)C)cc(C(C)C)c(CC(C)(C)C)c1C(C)C. The van der Waals surface area contributed by atoms with E-state index in [2.05, 4.69) is 84.4 Å². The largest absolute Gasteiger partial charge is 0.229 e. The molecular weight excluding hydrogens is 292 g/mol. The molecule has 0 N–H and O–H groups in total. The van der Waals surface area contributed by atoms with Gasteiger partial charge in [-0.1, -0.05) is 68.4 Å². The Hall–Kier alpha value is -1.40. The number of aliphatic imine (C=N–C) groups is 2. The fourth-order valence-electron chi connectivity index (χ4n) is 3.31. The normalized spacial score (nSPS) is 12.0. The van der Waals surface area contributed by atoms with Gasteiger partial charge in [0.05, 0.1) is 11.7 Å². The lowest BCUT2D eigenvalue weighted by Gasteiger charge is -2.29. The lowest BCUT2D eigenvalue weighted by atomic mass is 9.77. The van der Waals surface area contributed by atoms with Crippen LogP contribution in [0.4, 0.5) is 5.69 Å². The zero-order chi connectivity index (χ0) is 18.7. The predicted octanol–water partition coefficient (Wildman–Crippen LogP) is 7.08. The maximum absolute atomic E-state index is 4.64. The van der Waals surface area contributed by atoms with Crippen molar-refractivity contribution in [2.45, 2.75) is 86.5 Å². The highest BCUT2D eigenvalue weighted by atomic mass is 14.8. The quantitative estimate of drug-likeness (QED) is 0.516. The number of rotatable bonds is 5. The number of hydrogen-bond acceptors (Lipinski definition) is 2. The minimum atomic E-state index is 0.243. The molecule has 0 spiro atoms. The Morgan fingerprint density at radius 2 is 1.46 bits per heavy atom. The third kappa shape index (κ3) is 5.05. The van der Waals surface area contributed by atoms with Crippen molar-refractivity contribution in [2.75, 3.05) is 7.05 Å². The van der Waals surface area contributed by atoms with Crippen molar-refractivity contribution < 1.29 is 0 Å². The Bertz CT molecular complexity index is 622. The van der Waals surface area contributed by atoms with Crippen molar-refractivity contribution >= 4 is 11.7 Å². The standard InChI is InChI=1S/C22H36N2/c1-14(2)17-11-18(15(3)4)21(24-13-23-10)20(16(5)6)19(17)12-22(7,8)9/h11,14-16H,12H2,1-10H3. The second kappa shape index (κ2) is 8.12. The summed E-state index contributed by atoms with van der Waals surface area (Å²) in [4.78, 5) is 8.62. The van der Waals surface area contributed by atoms with Gasteiger partial charge >= 0.3 is 0 Å². The molecule has 0 fully saturated rings. The molecule has 0 radical (unpaired) electrons. The molecule has 0 aliphatic rings. The summed E-state index contributed by atoms with van der Waals surface area (Å²) in [6.07, 6.45) is 1.07. The average molecular weight is 329 g/mol. The van der Waals surface area contributed by atoms with Crippen molar-refractivity contribution in [3.05, 3.63) is 28.3 Å². The highest BCUT2D eigenvalue weighted by Gasteiger charge is 2.25. The molecule has 0 saturated carbocycles. The average Bonchev–Trinajstić information content (AvgIpc) is 2.41. The van der Waals surface area contributed by atoms with Crippen LogP contribution >= 0.6 is 0 Å². The van der Waals surface area contributed by atoms with Crippen LogP contribution in [0, 0.1) is 5.41 Å². The Kier molecular flexibility index (Phi) is 6.98. The number of nitrogens with zero attached hydrogens (tertiary/aromatic N) is 2. The van der Waals surface area contributed by atoms with Crippen LogP contribution in [-0.4, -0.2) is 13.1 Å². The summed E-state index contributed by atoms with van der Waals surface area (Å²) in [6.45, 7) is 20.6. The van der Waals surface area contributed by atoms with Crippen molar-refractivity contribution in [3.8, 4) is 0 Å². The molecule has 0 bridgehead atoms. The van der Waals surface area contributed by atoms with E-state index in [4.69, 9.17) is 0 Å². The van der Waals surface area contributed by atoms with Crippen LogP contribution in [0.2, 0.25) is 0 Å². The van der Waals surface area contributed by atoms with E-state index in [0.717, 1.165) is 12.1 Å². The van der Waals surface area contributed by atoms with Gasteiger partial charge in [0.2, 0.25) is 0 Å². The van der Waals surface area contributed by atoms with E-state index in [1.54, 1.807) is 7.05 Å². The Balaban J connectivity index is 3.92. The van der Waals surface area contributed by atoms with Gasteiger partial charge in [-0.05, 0) is 51.8 Å². The number of hydrogen-bond donors (Lipinski definition) is 0. The molecule has 134 valence electrons. The lowest BCUT2D eigenvalue weighted by molar-refractivity contribution is 0.407. The van der Waals surface area contributed by atoms with Gasteiger partial charge in [0, 0.05) is 7.05 Å². The zero-order valence-corrected chi connectivity index (χ0v) is 17.4. The van der Waals surface area contributed by atoms with Gasteiger partial charge in [-0.3, -0.25) is 0 Å². The molecule has 0 aliphatic heterocycles. The van der Waals surface area contributed by atoms with E-state index < -0.39 is 0 Å². The van der Waals surface area contributed by atoms with Gasteiger partial charge in [0.15, 0.2) is 0 Å². The van der Waals surface area contributed by atoms with Gasteiger partial charge in [0.25, 0.3) is 0 Å². The maximum Gasteiger partial charge on any atom is 0.0946 e. The Labute approximate surface area is 149 Å². The number of benzene rings is 1. The maximum atomic E-state index is 4.64. The molecule has 1 rings (SSSR count). The minimum Gasteiger partial charge on any atom is -0.229 e. The highest BCUT2D eigenvalue weighted by Crippen LogP contribution is 2.43. The van der Waals surface area contributed by atoms with Gasteiger partial charge in [0.1, 0.15) is 0 Å². The second-order valence-electron chi connectivity index (χ2n) is 8.93. The summed E-state index contributed by atoms with van der Waals surface area (Å²) in [6, 6.07) is 5.23. The molecule has 2 nitrogen and oxygen atoms in total. The van der Waals surface area contributed by atoms with Crippen LogP contribution in [0.25, 0.3) is 0 Å². The van der Waals surface area contributed by atoms with Gasteiger partial charge in [-0.15, -0.1) is 0 Å². The molecule has 0 amide bonds. The first kappa shape index (κ1) is 20.6. The third-order valence-electron chi connectivity index (χ3n) is 4.30. The molecule has 0 unspecified atom stereocenters. The van der Waals surface area contributed by atoms with Crippen molar-refractivity contribution in [1.29, 1.82) is 0 Å². The summed E-state index contributed by atoms with van der Waals surface area (Å²) in [5, 5.41) is 0. The molecular formula is C22H36N2. The molecule has 0 atom stereocenters. The zero-order valence-electron chi connectivity index (χ0n) is 17.4. The first-order valence-electron chi connectivity index (χ1n) is 9.23. The van der Waals surface area contributed by atoms with Crippen LogP contribution in [-0.2, 0) is 6.42 Å². The molecule has 0 aromatic heterocycles. The summed E-state index contributed by atoms with van der Waals surface area (Å²) in [7, 11) is 1.73. The fraction of sp³-hybridized carbons (Fsp3) is 0.682. The molecule has 1 aromatic rings. The fourth-order valence-corrected chi connectivity index (χ4v) is 3.31. The van der Waals surface area contributed by atoms with E-state index in [-0.39, 0.29) is 5.41 Å².